The Morgan fingerprint density at radius 2 is 2.14 bits per heavy atom. The number of anilines is 1. The summed E-state index contributed by atoms with van der Waals surface area (Å²) in [7, 11) is -5.46. The zero-order valence-electron chi connectivity index (χ0n) is 11.6. The van der Waals surface area contributed by atoms with Crippen molar-refractivity contribution in [2.24, 2.45) is 5.92 Å². The SMILES string of the molecule is COc1ccc(N)cc1S(=O)(=O)NCC1CCS(=O)(=O)C1. The maximum Gasteiger partial charge on any atom is 0.244 e. The first-order valence-electron chi connectivity index (χ1n) is 6.37. The molecule has 1 aromatic carbocycles. The predicted molar refractivity (Wildman–Crippen MR) is 79.4 cm³/mol. The van der Waals surface area contributed by atoms with Crippen LogP contribution in [0.4, 0.5) is 5.69 Å². The minimum Gasteiger partial charge on any atom is -0.495 e. The molecule has 1 fully saturated rings. The van der Waals surface area contributed by atoms with Crippen LogP contribution in [0, 0.1) is 5.92 Å². The molecule has 21 heavy (non-hydrogen) atoms. The van der Waals surface area contributed by atoms with Crippen molar-refractivity contribution >= 4 is 25.5 Å². The minimum absolute atomic E-state index is 0.0174. The first-order chi connectivity index (χ1) is 9.73. The second-order valence-corrected chi connectivity index (χ2v) is 9.00. The van der Waals surface area contributed by atoms with Crippen LogP contribution in [-0.4, -0.2) is 42.0 Å². The highest BCUT2D eigenvalue weighted by atomic mass is 32.2. The highest BCUT2D eigenvalue weighted by Gasteiger charge is 2.29. The molecule has 1 atom stereocenters. The van der Waals surface area contributed by atoms with Crippen molar-refractivity contribution in [2.75, 3.05) is 30.9 Å². The molecule has 1 aliphatic rings. The Morgan fingerprint density at radius 1 is 1.43 bits per heavy atom. The van der Waals surface area contributed by atoms with E-state index in [1.165, 1.54) is 19.2 Å². The molecule has 0 amide bonds. The fourth-order valence-electron chi connectivity index (χ4n) is 2.24. The van der Waals surface area contributed by atoms with Gasteiger partial charge in [-0.15, -0.1) is 0 Å². The molecule has 3 N–H and O–H groups in total. The first kappa shape index (κ1) is 16.1. The van der Waals surface area contributed by atoms with Crippen molar-refractivity contribution in [3.63, 3.8) is 0 Å². The summed E-state index contributed by atoms with van der Waals surface area (Å²) in [6, 6.07) is 4.33. The van der Waals surface area contributed by atoms with E-state index in [0.29, 0.717) is 12.1 Å². The molecule has 2 rings (SSSR count). The zero-order valence-corrected chi connectivity index (χ0v) is 13.2. The van der Waals surface area contributed by atoms with E-state index in [0.717, 1.165) is 0 Å². The van der Waals surface area contributed by atoms with Crippen LogP contribution in [0.1, 0.15) is 6.42 Å². The Labute approximate surface area is 124 Å². The third-order valence-corrected chi connectivity index (χ3v) is 6.65. The molecular weight excluding hydrogens is 316 g/mol. The lowest BCUT2D eigenvalue weighted by atomic mass is 10.1. The molecule has 1 unspecified atom stereocenters. The number of nitrogens with one attached hydrogen (secondary N) is 1. The van der Waals surface area contributed by atoms with Gasteiger partial charge in [0.15, 0.2) is 9.84 Å². The van der Waals surface area contributed by atoms with Crippen molar-refractivity contribution in [1.82, 2.24) is 4.72 Å². The minimum atomic E-state index is -3.80. The topological polar surface area (TPSA) is 116 Å². The number of ether oxygens (including phenoxy) is 1. The molecule has 0 spiro atoms. The largest absolute Gasteiger partial charge is 0.495 e. The van der Waals surface area contributed by atoms with E-state index in [1.54, 1.807) is 6.07 Å². The summed E-state index contributed by atoms with van der Waals surface area (Å²) in [4.78, 5) is -0.0501. The summed E-state index contributed by atoms with van der Waals surface area (Å²) in [5, 5.41) is 0. The van der Waals surface area contributed by atoms with E-state index in [2.05, 4.69) is 4.72 Å². The average molecular weight is 334 g/mol. The van der Waals surface area contributed by atoms with Crippen LogP contribution >= 0.6 is 0 Å². The summed E-state index contributed by atoms with van der Waals surface area (Å²) >= 11 is 0. The summed E-state index contributed by atoms with van der Waals surface area (Å²) in [5.41, 5.74) is 5.91. The molecule has 0 radical (unpaired) electrons. The van der Waals surface area contributed by atoms with Gasteiger partial charge in [-0.2, -0.15) is 0 Å². The van der Waals surface area contributed by atoms with Gasteiger partial charge in [-0.3, -0.25) is 0 Å². The quantitative estimate of drug-likeness (QED) is 0.732. The van der Waals surface area contributed by atoms with E-state index in [1.807, 2.05) is 0 Å². The Bertz CT molecular complexity index is 728. The number of sulfonamides is 1. The summed E-state index contributed by atoms with van der Waals surface area (Å²) in [5.74, 6) is 0.123. The Balaban J connectivity index is 2.14. The maximum atomic E-state index is 12.3. The molecule has 7 nitrogen and oxygen atoms in total. The van der Waals surface area contributed by atoms with Gasteiger partial charge in [0.05, 0.1) is 18.6 Å². The number of rotatable bonds is 5. The standard InChI is InChI=1S/C12H18N2O5S2/c1-19-11-3-2-10(13)6-12(11)21(17,18)14-7-9-4-5-20(15,16)8-9/h2-3,6,9,14H,4-5,7-8,13H2,1H3. The van der Waals surface area contributed by atoms with Crippen molar-refractivity contribution in [2.45, 2.75) is 11.3 Å². The Morgan fingerprint density at radius 3 is 2.71 bits per heavy atom. The smallest absolute Gasteiger partial charge is 0.244 e. The number of hydrogen-bond acceptors (Lipinski definition) is 6. The van der Waals surface area contributed by atoms with Gasteiger partial charge in [0, 0.05) is 12.2 Å². The molecule has 118 valence electrons. The van der Waals surface area contributed by atoms with E-state index in [9.17, 15) is 16.8 Å². The fourth-order valence-corrected chi connectivity index (χ4v) is 5.42. The zero-order chi connectivity index (χ0) is 15.7. The highest BCUT2D eigenvalue weighted by Crippen LogP contribution is 2.26. The van der Waals surface area contributed by atoms with E-state index in [-0.39, 0.29) is 34.6 Å². The highest BCUT2D eigenvalue weighted by molar-refractivity contribution is 7.91. The first-order valence-corrected chi connectivity index (χ1v) is 9.67. The summed E-state index contributed by atoms with van der Waals surface area (Å²) in [6.45, 7) is 0.0829. The molecule has 1 heterocycles. The van der Waals surface area contributed by atoms with Gasteiger partial charge in [-0.1, -0.05) is 0 Å². The summed E-state index contributed by atoms with van der Waals surface area (Å²) < 4.78 is 54.8. The fraction of sp³-hybridized carbons (Fsp3) is 0.500. The van der Waals surface area contributed by atoms with Crippen LogP contribution in [0.5, 0.6) is 5.75 Å². The van der Waals surface area contributed by atoms with Gasteiger partial charge >= 0.3 is 0 Å². The van der Waals surface area contributed by atoms with Crippen LogP contribution in [0.3, 0.4) is 0 Å². The van der Waals surface area contributed by atoms with E-state index >= 15 is 0 Å². The van der Waals surface area contributed by atoms with Crippen LogP contribution in [0.15, 0.2) is 23.1 Å². The average Bonchev–Trinajstić information content (AvgIpc) is 2.76. The Hall–Kier alpha value is -1.32. The van der Waals surface area contributed by atoms with Gasteiger partial charge in [0.25, 0.3) is 0 Å². The molecule has 9 heteroatoms. The van der Waals surface area contributed by atoms with Gasteiger partial charge in [-0.05, 0) is 30.5 Å². The third kappa shape index (κ3) is 3.86. The molecule has 0 bridgehead atoms. The van der Waals surface area contributed by atoms with Crippen molar-refractivity contribution in [3.8, 4) is 5.75 Å². The lowest BCUT2D eigenvalue weighted by Gasteiger charge is -2.13. The van der Waals surface area contributed by atoms with E-state index < -0.39 is 19.9 Å². The molecule has 1 aromatic rings. The molecular formula is C12H18N2O5S2. The maximum absolute atomic E-state index is 12.3. The molecule has 1 saturated heterocycles. The number of benzene rings is 1. The van der Waals surface area contributed by atoms with Crippen LogP contribution in [0.2, 0.25) is 0 Å². The number of hydrogen-bond donors (Lipinski definition) is 2. The normalized spacial score (nSPS) is 21.3. The monoisotopic (exact) mass is 334 g/mol. The number of methoxy groups -OCH3 is 1. The molecule has 0 aliphatic carbocycles. The molecule has 0 aromatic heterocycles. The van der Waals surface area contributed by atoms with Crippen LogP contribution < -0.4 is 15.2 Å². The molecule has 1 aliphatic heterocycles. The summed E-state index contributed by atoms with van der Waals surface area (Å²) in [6.07, 6.45) is 0.471. The predicted octanol–water partition coefficient (Wildman–Crippen LogP) is -0.00960. The van der Waals surface area contributed by atoms with Gasteiger partial charge < -0.3 is 10.5 Å². The van der Waals surface area contributed by atoms with Crippen LogP contribution in [0.25, 0.3) is 0 Å². The van der Waals surface area contributed by atoms with Crippen molar-refractivity contribution in [1.29, 1.82) is 0 Å². The second kappa shape index (κ2) is 5.82. The number of nitrogens with two attached hydrogens (primary N) is 1. The van der Waals surface area contributed by atoms with Crippen LogP contribution in [-0.2, 0) is 19.9 Å². The number of nitrogen functional groups attached to an aromatic ring is 1. The van der Waals surface area contributed by atoms with Gasteiger partial charge in [0.2, 0.25) is 10.0 Å². The van der Waals surface area contributed by atoms with Crippen molar-refractivity contribution in [3.05, 3.63) is 18.2 Å². The van der Waals surface area contributed by atoms with E-state index in [4.69, 9.17) is 10.5 Å². The van der Waals surface area contributed by atoms with Gasteiger partial charge in [0.1, 0.15) is 10.6 Å². The van der Waals surface area contributed by atoms with Gasteiger partial charge in [-0.25, -0.2) is 21.6 Å². The lowest BCUT2D eigenvalue weighted by molar-refractivity contribution is 0.402. The lowest BCUT2D eigenvalue weighted by Crippen LogP contribution is -2.30. The molecule has 0 saturated carbocycles. The Kier molecular flexibility index (Phi) is 4.45. The van der Waals surface area contributed by atoms with Crippen molar-refractivity contribution < 1.29 is 21.6 Å². The number of sulfone groups is 1. The second-order valence-electron chi connectivity index (χ2n) is 5.03. The third-order valence-electron chi connectivity index (χ3n) is 3.37.